The van der Waals surface area contributed by atoms with Crippen molar-refractivity contribution in [2.75, 3.05) is 6.61 Å². The van der Waals surface area contributed by atoms with Crippen molar-refractivity contribution < 1.29 is 45.8 Å². The summed E-state index contributed by atoms with van der Waals surface area (Å²) in [6, 6.07) is 4.63. The van der Waals surface area contributed by atoms with Gasteiger partial charge in [0, 0.05) is 11.6 Å². The van der Waals surface area contributed by atoms with E-state index in [4.69, 9.17) is 19.6 Å². The maximum Gasteiger partial charge on any atom is 0.405 e. The van der Waals surface area contributed by atoms with Gasteiger partial charge in [-0.1, -0.05) is 20.8 Å². The molecule has 1 atom stereocenters. The Morgan fingerprint density at radius 1 is 1.17 bits per heavy atom. The molecule has 3 aromatic rings. The molecular weight excluding hydrogens is 564 g/mol. The highest BCUT2D eigenvalue weighted by molar-refractivity contribution is 5.94. The zero-order valence-electron chi connectivity index (χ0n) is 23.1. The van der Waals surface area contributed by atoms with Crippen LogP contribution >= 0.6 is 0 Å². The van der Waals surface area contributed by atoms with E-state index in [0.717, 1.165) is 19.0 Å². The topological polar surface area (TPSA) is 139 Å². The highest BCUT2D eigenvalue weighted by atomic mass is 19.3. The van der Waals surface area contributed by atoms with E-state index in [2.05, 4.69) is 20.0 Å². The lowest BCUT2D eigenvalue weighted by Crippen LogP contribution is -2.27. The van der Waals surface area contributed by atoms with Crippen LogP contribution in [-0.2, 0) is 11.3 Å². The van der Waals surface area contributed by atoms with Crippen LogP contribution in [0, 0.1) is 23.0 Å². The van der Waals surface area contributed by atoms with Gasteiger partial charge < -0.3 is 29.7 Å². The fourth-order valence-electron chi connectivity index (χ4n) is 3.98. The summed E-state index contributed by atoms with van der Waals surface area (Å²) in [6.45, 7) is 2.35. The minimum absolute atomic E-state index is 0.0166. The molecule has 226 valence electrons. The van der Waals surface area contributed by atoms with Gasteiger partial charge in [0.25, 0.3) is 5.91 Å². The molecule has 0 aliphatic heterocycles. The largest absolute Gasteiger partial charge is 0.489 e. The van der Waals surface area contributed by atoms with Crippen molar-refractivity contribution in [2.24, 2.45) is 17.1 Å². The van der Waals surface area contributed by atoms with Gasteiger partial charge in [0.1, 0.15) is 11.6 Å². The molecular formula is C28H30F4N4O6. The minimum Gasteiger partial charge on any atom is -0.489 e. The predicted octanol–water partition coefficient (Wildman–Crippen LogP) is 5.91. The van der Waals surface area contributed by atoms with Gasteiger partial charge in [0.15, 0.2) is 29.1 Å². The number of pyridine rings is 1. The summed E-state index contributed by atoms with van der Waals surface area (Å²) in [4.78, 5) is 33.0. The van der Waals surface area contributed by atoms with E-state index < -0.39 is 48.3 Å². The first-order chi connectivity index (χ1) is 19.8. The van der Waals surface area contributed by atoms with Crippen molar-refractivity contribution in [1.82, 2.24) is 15.3 Å². The number of benzene rings is 1. The van der Waals surface area contributed by atoms with Crippen LogP contribution in [0.2, 0.25) is 0 Å². The standard InChI is InChI=1S/C28H30F4N4O6/c1-28(2,3)10-21(41-27(33)38)23-22(24(37)35-12-18-17(30)9-16(29)11-34-18)36-25(42-23)15-6-7-19(40-26(31)32)20(8-15)39-13-14-4-5-14/h6-9,11,14,21,26H,4-5,10,12-13H2,1-3H3,(H2,33,38)(H,35,37). The Morgan fingerprint density at radius 3 is 2.52 bits per heavy atom. The molecule has 2 amide bonds. The third kappa shape index (κ3) is 8.33. The van der Waals surface area contributed by atoms with Crippen LogP contribution in [0.3, 0.4) is 0 Å². The highest BCUT2D eigenvalue weighted by Crippen LogP contribution is 2.39. The first-order valence-corrected chi connectivity index (χ1v) is 13.1. The van der Waals surface area contributed by atoms with E-state index in [1.165, 1.54) is 18.2 Å². The number of hydrogen-bond donors (Lipinski definition) is 2. The molecule has 0 bridgehead atoms. The Kier molecular flexibility index (Phi) is 9.22. The SMILES string of the molecule is CC(C)(C)CC(OC(N)=O)c1oc(-c2ccc(OC(F)F)c(OCC3CC3)c2)nc1C(=O)NCc1ncc(F)cc1F. The number of nitrogens with one attached hydrogen (secondary N) is 1. The molecule has 14 heteroatoms. The third-order valence-electron chi connectivity index (χ3n) is 6.10. The number of primary amides is 1. The Bertz CT molecular complexity index is 1440. The number of carbonyl (C=O) groups excluding carboxylic acids is 2. The molecule has 3 N–H and O–H groups in total. The van der Waals surface area contributed by atoms with Gasteiger partial charge >= 0.3 is 12.7 Å². The summed E-state index contributed by atoms with van der Waals surface area (Å²) in [6.07, 6.45) is 0.592. The Balaban J connectivity index is 1.72. The number of hydrogen-bond acceptors (Lipinski definition) is 8. The summed E-state index contributed by atoms with van der Waals surface area (Å²) in [5.74, 6) is -2.86. The van der Waals surface area contributed by atoms with Gasteiger partial charge in [-0.3, -0.25) is 9.78 Å². The van der Waals surface area contributed by atoms with E-state index in [9.17, 15) is 27.2 Å². The molecule has 1 unspecified atom stereocenters. The zero-order chi connectivity index (χ0) is 30.6. The summed E-state index contributed by atoms with van der Waals surface area (Å²) >= 11 is 0. The van der Waals surface area contributed by atoms with Gasteiger partial charge in [-0.25, -0.2) is 18.6 Å². The van der Waals surface area contributed by atoms with Crippen molar-refractivity contribution in [1.29, 1.82) is 0 Å². The summed E-state index contributed by atoms with van der Waals surface area (Å²) in [5, 5.41) is 2.45. The molecule has 1 fully saturated rings. The van der Waals surface area contributed by atoms with Gasteiger partial charge in [-0.15, -0.1) is 0 Å². The van der Waals surface area contributed by atoms with Crippen molar-refractivity contribution in [3.63, 3.8) is 0 Å². The number of oxazole rings is 1. The number of aromatic nitrogens is 2. The average Bonchev–Trinajstić information content (AvgIpc) is 3.61. The molecule has 0 saturated heterocycles. The summed E-state index contributed by atoms with van der Waals surface area (Å²) in [5.41, 5.74) is 4.55. The molecule has 0 radical (unpaired) electrons. The van der Waals surface area contributed by atoms with Crippen LogP contribution < -0.4 is 20.5 Å². The number of nitrogens with zero attached hydrogens (tertiary/aromatic N) is 2. The lowest BCUT2D eigenvalue weighted by molar-refractivity contribution is -0.0515. The number of carbonyl (C=O) groups is 2. The molecule has 1 aromatic carbocycles. The first-order valence-electron chi connectivity index (χ1n) is 13.1. The Morgan fingerprint density at radius 2 is 1.90 bits per heavy atom. The maximum absolute atomic E-state index is 14.1. The Labute approximate surface area is 238 Å². The predicted molar refractivity (Wildman–Crippen MR) is 140 cm³/mol. The number of nitrogens with two attached hydrogens (primary N) is 1. The second-order valence-corrected chi connectivity index (χ2v) is 11.0. The average molecular weight is 595 g/mol. The molecule has 2 heterocycles. The van der Waals surface area contributed by atoms with Crippen LogP contribution in [0.15, 0.2) is 34.9 Å². The monoisotopic (exact) mass is 594 g/mol. The molecule has 1 saturated carbocycles. The van der Waals surface area contributed by atoms with Crippen molar-refractivity contribution in [2.45, 2.75) is 59.3 Å². The highest BCUT2D eigenvalue weighted by Gasteiger charge is 2.33. The fourth-order valence-corrected chi connectivity index (χ4v) is 3.98. The van der Waals surface area contributed by atoms with Gasteiger partial charge in [-0.05, 0) is 48.8 Å². The third-order valence-corrected chi connectivity index (χ3v) is 6.10. The van der Waals surface area contributed by atoms with E-state index in [-0.39, 0.29) is 46.5 Å². The number of ether oxygens (including phenoxy) is 3. The van der Waals surface area contributed by atoms with Gasteiger partial charge in [0.2, 0.25) is 5.89 Å². The van der Waals surface area contributed by atoms with Crippen LogP contribution in [0.5, 0.6) is 11.5 Å². The molecule has 1 aliphatic carbocycles. The van der Waals surface area contributed by atoms with Crippen molar-refractivity contribution in [3.8, 4) is 23.0 Å². The molecule has 2 aromatic heterocycles. The fraction of sp³-hybridized carbons (Fsp3) is 0.429. The minimum atomic E-state index is -3.09. The number of alkyl halides is 2. The molecule has 10 nitrogen and oxygen atoms in total. The summed E-state index contributed by atoms with van der Waals surface area (Å²) < 4.78 is 74.9. The van der Waals surface area contributed by atoms with E-state index in [0.29, 0.717) is 18.6 Å². The van der Waals surface area contributed by atoms with Crippen LogP contribution in [0.4, 0.5) is 22.4 Å². The number of amides is 2. The molecule has 42 heavy (non-hydrogen) atoms. The molecule has 0 spiro atoms. The van der Waals surface area contributed by atoms with Crippen LogP contribution in [-0.4, -0.2) is 35.2 Å². The lowest BCUT2D eigenvalue weighted by Gasteiger charge is -2.24. The molecule has 1 aliphatic rings. The first kappa shape index (κ1) is 30.6. The maximum atomic E-state index is 14.1. The van der Waals surface area contributed by atoms with Crippen molar-refractivity contribution in [3.05, 3.63) is 59.2 Å². The zero-order valence-corrected chi connectivity index (χ0v) is 23.1. The number of halogens is 4. The van der Waals surface area contributed by atoms with Crippen molar-refractivity contribution >= 4 is 12.0 Å². The van der Waals surface area contributed by atoms with E-state index >= 15 is 0 Å². The van der Waals surface area contributed by atoms with Gasteiger partial charge in [-0.2, -0.15) is 8.78 Å². The summed E-state index contributed by atoms with van der Waals surface area (Å²) in [7, 11) is 0. The number of rotatable bonds is 12. The second kappa shape index (κ2) is 12.7. The van der Waals surface area contributed by atoms with Crippen LogP contribution in [0.1, 0.15) is 68.1 Å². The van der Waals surface area contributed by atoms with E-state index in [1.807, 2.05) is 20.8 Å². The normalized spacial score (nSPS) is 14.0. The molecule has 4 rings (SSSR count). The quantitative estimate of drug-likeness (QED) is 0.247. The Hall–Kier alpha value is -4.36. The second-order valence-electron chi connectivity index (χ2n) is 11.0. The van der Waals surface area contributed by atoms with Gasteiger partial charge in [0.05, 0.1) is 25.0 Å². The van der Waals surface area contributed by atoms with E-state index in [1.54, 1.807) is 0 Å². The van der Waals surface area contributed by atoms with Crippen LogP contribution in [0.25, 0.3) is 11.5 Å². The smallest absolute Gasteiger partial charge is 0.405 e. The lowest BCUT2D eigenvalue weighted by atomic mass is 9.88.